The van der Waals surface area contributed by atoms with Crippen molar-refractivity contribution in [2.24, 2.45) is 17.3 Å². The van der Waals surface area contributed by atoms with Gasteiger partial charge >= 0.3 is 18.2 Å². The van der Waals surface area contributed by atoms with Gasteiger partial charge in [0.25, 0.3) is 5.91 Å². The second-order valence-corrected chi connectivity index (χ2v) is 11.2. The Bertz CT molecular complexity index is 1150. The molecule has 1 saturated carbocycles. The van der Waals surface area contributed by atoms with E-state index in [9.17, 15) is 27.6 Å². The van der Waals surface area contributed by atoms with Crippen molar-refractivity contribution in [2.45, 2.75) is 65.1 Å². The highest BCUT2D eigenvalue weighted by molar-refractivity contribution is 5.94. The van der Waals surface area contributed by atoms with Gasteiger partial charge in [-0.1, -0.05) is 39.0 Å². The van der Waals surface area contributed by atoms with Crippen LogP contribution in [-0.2, 0) is 11.0 Å². The van der Waals surface area contributed by atoms with Crippen LogP contribution in [0, 0.1) is 17.3 Å². The molecule has 3 rings (SSSR count). The number of benzene rings is 2. The number of anilines is 1. The molecule has 7 nitrogen and oxygen atoms in total. The van der Waals surface area contributed by atoms with Crippen molar-refractivity contribution >= 4 is 23.6 Å². The number of urea groups is 1. The molecule has 1 fully saturated rings. The Morgan fingerprint density at radius 2 is 1.62 bits per heavy atom. The van der Waals surface area contributed by atoms with Gasteiger partial charge in [-0.25, -0.2) is 4.79 Å². The first kappa shape index (κ1) is 30.0. The van der Waals surface area contributed by atoms with Crippen LogP contribution in [0.4, 0.5) is 23.7 Å². The molecule has 0 aliphatic heterocycles. The summed E-state index contributed by atoms with van der Waals surface area (Å²) in [5, 5.41) is 16.8. The molecule has 0 spiro atoms. The first-order chi connectivity index (χ1) is 18.2. The molecule has 1 unspecified atom stereocenters. The average Bonchev–Trinajstić information content (AvgIpc) is 2.86. The van der Waals surface area contributed by atoms with Crippen molar-refractivity contribution in [1.29, 1.82) is 0 Å². The number of carboxylic acids is 1. The third-order valence-electron chi connectivity index (χ3n) is 7.36. The quantitative estimate of drug-likeness (QED) is 0.298. The third kappa shape index (κ3) is 8.73. The van der Waals surface area contributed by atoms with E-state index in [0.717, 1.165) is 43.4 Å². The zero-order valence-corrected chi connectivity index (χ0v) is 22.4. The van der Waals surface area contributed by atoms with E-state index < -0.39 is 35.7 Å². The second kappa shape index (κ2) is 12.5. The molecule has 3 amide bonds. The fraction of sp³-hybridized carbons (Fsp3) is 0.483. The number of carbonyl (C=O) groups excluding carboxylic acids is 2. The van der Waals surface area contributed by atoms with E-state index in [1.807, 2.05) is 0 Å². The maximum atomic E-state index is 13.1. The molecular formula is C29H36F3N3O4. The third-order valence-corrected chi connectivity index (χ3v) is 7.36. The van der Waals surface area contributed by atoms with E-state index in [2.05, 4.69) is 36.7 Å². The van der Waals surface area contributed by atoms with E-state index in [1.54, 1.807) is 24.3 Å². The minimum Gasteiger partial charge on any atom is -0.481 e. The molecule has 1 atom stereocenters. The maximum absolute atomic E-state index is 13.1. The van der Waals surface area contributed by atoms with Crippen LogP contribution in [0.5, 0.6) is 0 Å². The molecule has 10 heteroatoms. The molecule has 0 bridgehead atoms. The highest BCUT2D eigenvalue weighted by Gasteiger charge is 2.34. The topological polar surface area (TPSA) is 108 Å². The summed E-state index contributed by atoms with van der Waals surface area (Å²) in [5.74, 6) is -0.763. The van der Waals surface area contributed by atoms with Gasteiger partial charge in [0.05, 0.1) is 18.0 Å². The van der Waals surface area contributed by atoms with Crippen molar-refractivity contribution < 1.29 is 32.7 Å². The number of carboxylic acid groups (broad SMARTS) is 1. The molecule has 1 aliphatic carbocycles. The first-order valence-corrected chi connectivity index (χ1v) is 13.1. The molecule has 2 aromatic rings. The zero-order chi connectivity index (χ0) is 28.8. The number of hydrogen-bond acceptors (Lipinski definition) is 3. The van der Waals surface area contributed by atoms with Gasteiger partial charge in [-0.2, -0.15) is 13.2 Å². The van der Waals surface area contributed by atoms with Crippen molar-refractivity contribution in [1.82, 2.24) is 10.6 Å². The molecule has 0 radical (unpaired) electrons. The van der Waals surface area contributed by atoms with Gasteiger partial charge in [0.15, 0.2) is 0 Å². The average molecular weight is 548 g/mol. The van der Waals surface area contributed by atoms with E-state index >= 15 is 0 Å². The minimum atomic E-state index is -4.52. The molecular weight excluding hydrogens is 511 g/mol. The van der Waals surface area contributed by atoms with E-state index in [4.69, 9.17) is 5.11 Å². The molecule has 1 aliphatic rings. The molecule has 4 N–H and O–H groups in total. The minimum absolute atomic E-state index is 0.00677. The Balaban J connectivity index is 1.76. The predicted molar refractivity (Wildman–Crippen MR) is 142 cm³/mol. The number of carbonyl (C=O) groups is 3. The molecule has 0 saturated heterocycles. The van der Waals surface area contributed by atoms with Crippen LogP contribution >= 0.6 is 0 Å². The Labute approximate surface area is 226 Å². The summed E-state index contributed by atoms with van der Waals surface area (Å²) in [6.07, 6.45) is -0.989. The normalized spacial score (nSPS) is 18.6. The van der Waals surface area contributed by atoms with Gasteiger partial charge in [0.2, 0.25) is 0 Å². The largest absolute Gasteiger partial charge is 0.481 e. The lowest BCUT2D eigenvalue weighted by molar-refractivity contribution is -0.138. The summed E-state index contributed by atoms with van der Waals surface area (Å²) in [6, 6.07) is 10.2. The van der Waals surface area contributed by atoms with Crippen molar-refractivity contribution in [3.8, 4) is 0 Å². The summed E-state index contributed by atoms with van der Waals surface area (Å²) in [5.41, 5.74) is 0.480. The predicted octanol–water partition coefficient (Wildman–Crippen LogP) is 6.63. The van der Waals surface area contributed by atoms with Crippen molar-refractivity contribution in [3.05, 3.63) is 65.2 Å². The molecule has 212 valence electrons. The van der Waals surface area contributed by atoms with Gasteiger partial charge in [-0.3, -0.25) is 9.59 Å². The summed E-state index contributed by atoms with van der Waals surface area (Å²) in [7, 11) is 0. The van der Waals surface area contributed by atoms with Crippen LogP contribution in [0.25, 0.3) is 0 Å². The van der Waals surface area contributed by atoms with E-state index in [-0.39, 0.29) is 30.0 Å². The Kier molecular flexibility index (Phi) is 9.63. The van der Waals surface area contributed by atoms with Gasteiger partial charge in [0.1, 0.15) is 0 Å². The number of aliphatic carboxylic acids is 1. The van der Waals surface area contributed by atoms with Crippen LogP contribution in [0.3, 0.4) is 0 Å². The fourth-order valence-corrected chi connectivity index (χ4v) is 5.10. The number of halogens is 3. The van der Waals surface area contributed by atoms with Gasteiger partial charge in [0, 0.05) is 17.8 Å². The SMILES string of the molecule is CC(C)(C)C1CCC(C(NC(=O)Nc2cccc(C(F)(F)F)c2)c2ccc(C(=O)NCCC(=O)O)cc2)CC1. The van der Waals surface area contributed by atoms with Gasteiger partial charge < -0.3 is 21.1 Å². The lowest BCUT2D eigenvalue weighted by Crippen LogP contribution is -2.38. The Morgan fingerprint density at radius 3 is 2.18 bits per heavy atom. The van der Waals surface area contributed by atoms with Crippen molar-refractivity contribution in [3.63, 3.8) is 0 Å². The lowest BCUT2D eigenvalue weighted by Gasteiger charge is -2.39. The molecule has 2 aromatic carbocycles. The van der Waals surface area contributed by atoms with Crippen LogP contribution < -0.4 is 16.0 Å². The number of hydrogen-bond donors (Lipinski definition) is 4. The number of amides is 3. The molecule has 0 heterocycles. The van der Waals surface area contributed by atoms with Crippen LogP contribution in [-0.4, -0.2) is 29.6 Å². The van der Waals surface area contributed by atoms with Gasteiger partial charge in [-0.05, 0) is 78.8 Å². The summed E-state index contributed by atoms with van der Waals surface area (Å²) >= 11 is 0. The summed E-state index contributed by atoms with van der Waals surface area (Å²) < 4.78 is 39.3. The summed E-state index contributed by atoms with van der Waals surface area (Å²) in [4.78, 5) is 36.0. The van der Waals surface area contributed by atoms with Crippen LogP contribution in [0.2, 0.25) is 0 Å². The van der Waals surface area contributed by atoms with Crippen LogP contribution in [0.1, 0.15) is 80.4 Å². The lowest BCUT2D eigenvalue weighted by atomic mass is 9.68. The summed E-state index contributed by atoms with van der Waals surface area (Å²) in [6.45, 7) is 6.66. The Hall–Kier alpha value is -3.56. The second-order valence-electron chi connectivity index (χ2n) is 11.2. The number of nitrogens with one attached hydrogen (secondary N) is 3. The van der Waals surface area contributed by atoms with E-state index in [1.165, 1.54) is 12.1 Å². The van der Waals surface area contributed by atoms with Gasteiger partial charge in [-0.15, -0.1) is 0 Å². The highest BCUT2D eigenvalue weighted by atomic mass is 19.4. The highest BCUT2D eigenvalue weighted by Crippen LogP contribution is 2.43. The van der Waals surface area contributed by atoms with E-state index in [0.29, 0.717) is 11.5 Å². The van der Waals surface area contributed by atoms with Crippen molar-refractivity contribution in [2.75, 3.05) is 11.9 Å². The first-order valence-electron chi connectivity index (χ1n) is 13.1. The smallest absolute Gasteiger partial charge is 0.416 e. The fourth-order valence-electron chi connectivity index (χ4n) is 5.10. The molecule has 0 aromatic heterocycles. The van der Waals surface area contributed by atoms with Crippen LogP contribution in [0.15, 0.2) is 48.5 Å². The molecule has 39 heavy (non-hydrogen) atoms. The standard InChI is InChI=1S/C29H36F3N3O4/c1-28(2,3)21-13-11-19(12-14-21)25(18-7-9-20(10-8-18)26(38)33-16-15-24(36)37)35-27(39)34-23-6-4-5-22(17-23)29(30,31)32/h4-10,17,19,21,25H,11-16H2,1-3H3,(H,33,38)(H,36,37)(H2,34,35,39). The number of alkyl halides is 3. The maximum Gasteiger partial charge on any atom is 0.416 e. The monoisotopic (exact) mass is 547 g/mol. The number of rotatable bonds is 8. The zero-order valence-electron chi connectivity index (χ0n) is 22.4. The Morgan fingerprint density at radius 1 is 0.974 bits per heavy atom.